The first kappa shape index (κ1) is 21.7. The molecule has 10 nitrogen and oxygen atoms in total. The van der Waals surface area contributed by atoms with E-state index in [0.717, 1.165) is 0 Å². The number of carbonyl (C=O) groups is 2. The lowest BCUT2D eigenvalue weighted by atomic mass is 10.3. The molecule has 0 N–H and O–H groups in total. The number of rotatable bonds is 6. The van der Waals surface area contributed by atoms with Crippen LogP contribution >= 0.6 is 0 Å². The zero-order chi connectivity index (χ0) is 23.3. The summed E-state index contributed by atoms with van der Waals surface area (Å²) in [4.78, 5) is 39.3. The summed E-state index contributed by atoms with van der Waals surface area (Å²) in [6.07, 6.45) is 8.07. The summed E-state index contributed by atoms with van der Waals surface area (Å²) in [5.41, 5.74) is 0.0450. The Morgan fingerprint density at radius 3 is 1.33 bits per heavy atom. The van der Waals surface area contributed by atoms with Crippen LogP contribution in [0.2, 0.25) is 0 Å². The maximum atomic E-state index is 12.9. The van der Waals surface area contributed by atoms with Crippen molar-refractivity contribution in [3.05, 3.63) is 97.1 Å². The van der Waals surface area contributed by atoms with Crippen LogP contribution in [0.4, 0.5) is 0 Å². The molecule has 4 aromatic rings. The Hall–Kier alpha value is -4.51. The van der Waals surface area contributed by atoms with Gasteiger partial charge >= 0.3 is 11.9 Å². The van der Waals surface area contributed by atoms with Crippen molar-refractivity contribution in [1.29, 1.82) is 0 Å². The highest BCUT2D eigenvalue weighted by Gasteiger charge is 2.19. The maximum absolute atomic E-state index is 12.9. The molecule has 2 aromatic heterocycles. The van der Waals surface area contributed by atoms with Crippen LogP contribution < -0.4 is 9.47 Å². The zero-order valence-electron chi connectivity index (χ0n) is 16.7. The Balaban J connectivity index is 1.45. The highest BCUT2D eigenvalue weighted by Crippen LogP contribution is 2.25. The third-order valence-electron chi connectivity index (χ3n) is 4.23. The molecule has 0 spiro atoms. The summed E-state index contributed by atoms with van der Waals surface area (Å²) in [5, 5.41) is 0. The lowest BCUT2D eigenvalue weighted by Crippen LogP contribution is -2.11. The summed E-state index contributed by atoms with van der Waals surface area (Å²) >= 11 is 0. The fraction of sp³-hybridized carbons (Fsp3) is 0. The zero-order valence-corrected chi connectivity index (χ0v) is 17.5. The van der Waals surface area contributed by atoms with Gasteiger partial charge in [0.2, 0.25) is 9.84 Å². The van der Waals surface area contributed by atoms with Crippen LogP contribution in [0.3, 0.4) is 0 Å². The molecule has 2 heterocycles. The van der Waals surface area contributed by atoms with E-state index in [1.165, 1.54) is 85.7 Å². The van der Waals surface area contributed by atoms with Crippen molar-refractivity contribution in [2.45, 2.75) is 9.79 Å². The van der Waals surface area contributed by atoms with E-state index in [-0.39, 0.29) is 32.7 Å². The van der Waals surface area contributed by atoms with Crippen LogP contribution in [0.15, 0.2) is 95.5 Å². The summed E-state index contributed by atoms with van der Waals surface area (Å²) in [5.74, 6) is -1.14. The molecule has 0 saturated heterocycles. The standard InChI is InChI=1S/C22H14N4O6S/c27-21(19-13-23-9-11-25-19)31-15-1-5-17(6-2-15)33(29,30)18-7-3-16(4-8-18)32-22(28)20-14-24-10-12-26-20/h1-14H. The number of ether oxygens (including phenoxy) is 2. The molecule has 2 aromatic carbocycles. The topological polar surface area (TPSA) is 138 Å². The van der Waals surface area contributed by atoms with Crippen LogP contribution in [0, 0.1) is 0 Å². The average molecular weight is 462 g/mol. The maximum Gasteiger partial charge on any atom is 0.363 e. The van der Waals surface area contributed by atoms with Crippen molar-refractivity contribution in [1.82, 2.24) is 19.9 Å². The molecule has 164 valence electrons. The minimum atomic E-state index is -3.86. The minimum absolute atomic E-state index is 0.00823. The van der Waals surface area contributed by atoms with Crippen molar-refractivity contribution in [2.24, 2.45) is 0 Å². The second-order valence-electron chi connectivity index (χ2n) is 6.41. The van der Waals surface area contributed by atoms with Gasteiger partial charge in [0.15, 0.2) is 11.4 Å². The van der Waals surface area contributed by atoms with Crippen LogP contribution in [-0.2, 0) is 9.84 Å². The summed E-state index contributed by atoms with van der Waals surface area (Å²) < 4.78 is 36.1. The molecule has 0 amide bonds. The van der Waals surface area contributed by atoms with Gasteiger partial charge in [0.05, 0.1) is 22.2 Å². The van der Waals surface area contributed by atoms with Gasteiger partial charge in [-0.3, -0.25) is 9.97 Å². The Bertz CT molecular complexity index is 1280. The first-order valence-electron chi connectivity index (χ1n) is 9.35. The fourth-order valence-corrected chi connectivity index (χ4v) is 3.90. The van der Waals surface area contributed by atoms with Gasteiger partial charge < -0.3 is 9.47 Å². The first-order valence-corrected chi connectivity index (χ1v) is 10.8. The number of carbonyl (C=O) groups excluding carboxylic acids is 2. The van der Waals surface area contributed by atoms with Gasteiger partial charge in [-0.25, -0.2) is 28.0 Å². The predicted octanol–water partition coefficient (Wildman–Crippen LogP) is 2.54. The van der Waals surface area contributed by atoms with E-state index in [4.69, 9.17) is 9.47 Å². The number of aromatic nitrogens is 4. The largest absolute Gasteiger partial charge is 0.422 e. The molecule has 0 bridgehead atoms. The van der Waals surface area contributed by atoms with Gasteiger partial charge in [-0.2, -0.15) is 0 Å². The van der Waals surface area contributed by atoms with Crippen molar-refractivity contribution in [3.63, 3.8) is 0 Å². The minimum Gasteiger partial charge on any atom is -0.422 e. The van der Waals surface area contributed by atoms with Crippen molar-refractivity contribution in [2.75, 3.05) is 0 Å². The monoisotopic (exact) mass is 462 g/mol. The summed E-state index contributed by atoms with van der Waals surface area (Å²) in [6.45, 7) is 0. The number of hydrogen-bond donors (Lipinski definition) is 0. The molecule has 4 rings (SSSR count). The molecule has 0 radical (unpaired) electrons. The average Bonchev–Trinajstić information content (AvgIpc) is 2.86. The van der Waals surface area contributed by atoms with Gasteiger partial charge in [0.1, 0.15) is 11.5 Å². The molecule has 0 aliphatic heterocycles. The Labute approximate surface area is 187 Å². The van der Waals surface area contributed by atoms with E-state index in [9.17, 15) is 18.0 Å². The number of nitrogens with zero attached hydrogens (tertiary/aromatic N) is 4. The first-order chi connectivity index (χ1) is 15.9. The Kier molecular flexibility index (Phi) is 6.13. The van der Waals surface area contributed by atoms with Crippen molar-refractivity contribution >= 4 is 21.8 Å². The molecule has 0 aliphatic rings. The molecule has 33 heavy (non-hydrogen) atoms. The van der Waals surface area contributed by atoms with Gasteiger partial charge in [0, 0.05) is 24.8 Å². The van der Waals surface area contributed by atoms with Crippen LogP contribution in [0.1, 0.15) is 21.0 Å². The molecular weight excluding hydrogens is 448 g/mol. The van der Waals surface area contributed by atoms with Crippen molar-refractivity contribution in [3.8, 4) is 11.5 Å². The molecule has 0 aliphatic carbocycles. The van der Waals surface area contributed by atoms with E-state index in [2.05, 4.69) is 19.9 Å². The summed E-state index contributed by atoms with van der Waals surface area (Å²) in [7, 11) is -3.86. The Morgan fingerprint density at radius 2 is 1.00 bits per heavy atom. The molecule has 0 unspecified atom stereocenters. The van der Waals surface area contributed by atoms with Crippen molar-refractivity contribution < 1.29 is 27.5 Å². The summed E-state index contributed by atoms with van der Waals surface area (Å²) in [6, 6.07) is 10.7. The van der Waals surface area contributed by atoms with E-state index in [1.807, 2.05) is 0 Å². The number of hydrogen-bond acceptors (Lipinski definition) is 10. The Morgan fingerprint density at radius 1 is 0.606 bits per heavy atom. The second-order valence-corrected chi connectivity index (χ2v) is 8.36. The number of sulfone groups is 1. The SMILES string of the molecule is O=C(Oc1ccc(S(=O)(=O)c2ccc(OC(=O)c3cnccn3)cc2)cc1)c1cnccn1. The molecule has 0 saturated carbocycles. The quantitative estimate of drug-likeness (QED) is 0.310. The van der Waals surface area contributed by atoms with Crippen LogP contribution in [0.5, 0.6) is 11.5 Å². The molecular formula is C22H14N4O6S. The number of benzene rings is 2. The van der Waals surface area contributed by atoms with E-state index < -0.39 is 21.8 Å². The van der Waals surface area contributed by atoms with E-state index in [0.29, 0.717) is 0 Å². The van der Waals surface area contributed by atoms with Crippen LogP contribution in [0.25, 0.3) is 0 Å². The highest BCUT2D eigenvalue weighted by atomic mass is 32.2. The third kappa shape index (κ3) is 5.05. The van der Waals surface area contributed by atoms with E-state index >= 15 is 0 Å². The smallest absolute Gasteiger partial charge is 0.363 e. The fourth-order valence-electron chi connectivity index (χ4n) is 2.64. The second kappa shape index (κ2) is 9.32. The van der Waals surface area contributed by atoms with Gasteiger partial charge in [-0.1, -0.05) is 0 Å². The lowest BCUT2D eigenvalue weighted by Gasteiger charge is -2.08. The molecule has 11 heteroatoms. The van der Waals surface area contributed by atoms with Crippen LogP contribution in [-0.4, -0.2) is 40.3 Å². The highest BCUT2D eigenvalue weighted by molar-refractivity contribution is 7.91. The molecule has 0 fully saturated rings. The lowest BCUT2D eigenvalue weighted by molar-refractivity contribution is 0.0718. The van der Waals surface area contributed by atoms with E-state index in [1.54, 1.807) is 0 Å². The molecule has 0 atom stereocenters. The normalized spacial score (nSPS) is 10.9. The number of esters is 2. The van der Waals surface area contributed by atoms with Gasteiger partial charge in [-0.05, 0) is 48.5 Å². The predicted molar refractivity (Wildman–Crippen MR) is 112 cm³/mol. The van der Waals surface area contributed by atoms with Gasteiger partial charge in [0.25, 0.3) is 0 Å². The van der Waals surface area contributed by atoms with Gasteiger partial charge in [-0.15, -0.1) is 0 Å². The third-order valence-corrected chi connectivity index (χ3v) is 6.02.